The van der Waals surface area contributed by atoms with E-state index >= 15 is 0 Å². The predicted octanol–water partition coefficient (Wildman–Crippen LogP) is 4.16. The number of nitrogens with zero attached hydrogens (tertiary/aromatic N) is 1. The minimum atomic E-state index is -0.862. The van der Waals surface area contributed by atoms with E-state index in [2.05, 4.69) is 5.32 Å². The number of carbonyl (C=O) groups excluding carboxylic acids is 2. The molecule has 3 aromatic rings. The summed E-state index contributed by atoms with van der Waals surface area (Å²) < 4.78 is 16.1. The third-order valence-corrected chi connectivity index (χ3v) is 5.96. The third-order valence-electron chi connectivity index (χ3n) is 5.96. The molecule has 0 spiro atoms. The molecule has 1 aliphatic heterocycles. The molecule has 0 fully saturated rings. The molecule has 1 heterocycles. The van der Waals surface area contributed by atoms with Gasteiger partial charge >= 0.3 is 0 Å². The molecule has 1 aliphatic rings. The summed E-state index contributed by atoms with van der Waals surface area (Å²) in [5.41, 5.74) is 3.02. The van der Waals surface area contributed by atoms with Gasteiger partial charge in [0.25, 0.3) is 11.8 Å². The molecule has 0 saturated carbocycles. The van der Waals surface area contributed by atoms with Gasteiger partial charge in [-0.05, 0) is 42.2 Å². The van der Waals surface area contributed by atoms with E-state index in [-0.39, 0.29) is 5.91 Å². The Balaban J connectivity index is 1.69. The van der Waals surface area contributed by atoms with Crippen LogP contribution in [-0.2, 0) is 11.2 Å². The summed E-state index contributed by atoms with van der Waals surface area (Å²) in [5.74, 6) is 0.507. The van der Waals surface area contributed by atoms with E-state index < -0.39 is 11.9 Å². The number of benzene rings is 3. The van der Waals surface area contributed by atoms with E-state index in [0.717, 1.165) is 24.1 Å². The topological polar surface area (TPSA) is 77.1 Å². The van der Waals surface area contributed by atoms with Crippen molar-refractivity contribution in [3.8, 4) is 17.2 Å². The zero-order chi connectivity index (χ0) is 24.1. The van der Waals surface area contributed by atoms with E-state index in [1.165, 1.54) is 21.3 Å². The highest BCUT2D eigenvalue weighted by atomic mass is 16.5. The highest BCUT2D eigenvalue weighted by molar-refractivity contribution is 6.03. The van der Waals surface area contributed by atoms with Gasteiger partial charge in [-0.15, -0.1) is 0 Å². The quantitative estimate of drug-likeness (QED) is 0.573. The Morgan fingerprint density at radius 2 is 1.53 bits per heavy atom. The van der Waals surface area contributed by atoms with Crippen LogP contribution >= 0.6 is 0 Å². The van der Waals surface area contributed by atoms with E-state index in [1.54, 1.807) is 17.0 Å². The number of hydrogen-bond acceptors (Lipinski definition) is 5. The van der Waals surface area contributed by atoms with Gasteiger partial charge in [-0.2, -0.15) is 0 Å². The molecule has 4 rings (SSSR count). The van der Waals surface area contributed by atoms with Crippen LogP contribution < -0.4 is 24.4 Å². The van der Waals surface area contributed by atoms with Gasteiger partial charge in [0.1, 0.15) is 6.04 Å². The van der Waals surface area contributed by atoms with Crippen LogP contribution in [0.3, 0.4) is 0 Å². The van der Waals surface area contributed by atoms with Crippen molar-refractivity contribution in [3.05, 3.63) is 83.4 Å². The average Bonchev–Trinajstić information content (AvgIpc) is 2.90. The van der Waals surface area contributed by atoms with Gasteiger partial charge in [0.15, 0.2) is 11.5 Å². The molecule has 0 aromatic heterocycles. The summed E-state index contributed by atoms with van der Waals surface area (Å²) in [6, 6.07) is 19.4. The first-order valence-corrected chi connectivity index (χ1v) is 11.1. The Kier molecular flexibility index (Phi) is 7.01. The van der Waals surface area contributed by atoms with Gasteiger partial charge in [0, 0.05) is 17.8 Å². The van der Waals surface area contributed by atoms with Crippen LogP contribution in [-0.4, -0.2) is 39.7 Å². The number of ether oxygens (including phenoxy) is 3. The van der Waals surface area contributed by atoms with Crippen molar-refractivity contribution in [2.24, 2.45) is 0 Å². The number of fused-ring (bicyclic) bond motifs is 1. The fraction of sp³-hybridized carbons (Fsp3) is 0.259. The lowest BCUT2D eigenvalue weighted by Crippen LogP contribution is -2.45. The smallest absolute Gasteiger partial charge is 0.254 e. The first-order valence-electron chi connectivity index (χ1n) is 11.1. The lowest BCUT2D eigenvalue weighted by atomic mass is 9.99. The summed E-state index contributed by atoms with van der Waals surface area (Å²) in [7, 11) is 4.48. The fourth-order valence-corrected chi connectivity index (χ4v) is 4.28. The molecule has 0 radical (unpaired) electrons. The first-order chi connectivity index (χ1) is 16.6. The molecule has 0 saturated heterocycles. The maximum Gasteiger partial charge on any atom is 0.254 e. The number of hydrogen-bond donors (Lipinski definition) is 1. The molecule has 1 N–H and O–H groups in total. The van der Waals surface area contributed by atoms with Crippen LogP contribution in [0.15, 0.2) is 66.7 Å². The molecule has 2 amide bonds. The van der Waals surface area contributed by atoms with E-state index in [4.69, 9.17) is 14.2 Å². The molecule has 34 heavy (non-hydrogen) atoms. The lowest BCUT2D eigenvalue weighted by Gasteiger charge is -2.32. The van der Waals surface area contributed by atoms with Crippen molar-refractivity contribution in [2.75, 3.05) is 32.8 Å². The van der Waals surface area contributed by atoms with E-state index in [0.29, 0.717) is 34.9 Å². The van der Waals surface area contributed by atoms with Gasteiger partial charge in [0.05, 0.1) is 21.3 Å². The molecule has 7 heteroatoms. The van der Waals surface area contributed by atoms with Crippen molar-refractivity contribution >= 4 is 17.5 Å². The monoisotopic (exact) mass is 460 g/mol. The highest BCUT2D eigenvalue weighted by Gasteiger charge is 2.31. The summed E-state index contributed by atoms with van der Waals surface area (Å²) in [6.07, 6.45) is 1.79. The molecule has 0 unspecified atom stereocenters. The molecule has 3 aromatic carbocycles. The van der Waals surface area contributed by atoms with Gasteiger partial charge in [-0.25, -0.2) is 0 Å². The minimum Gasteiger partial charge on any atom is -0.493 e. The van der Waals surface area contributed by atoms with Crippen molar-refractivity contribution in [2.45, 2.75) is 18.9 Å². The first kappa shape index (κ1) is 23.2. The fourth-order valence-electron chi connectivity index (χ4n) is 4.28. The molecular formula is C27H28N2O5. The number of para-hydroxylation sites is 1. The van der Waals surface area contributed by atoms with Gasteiger partial charge in [-0.3, -0.25) is 9.59 Å². The second-order valence-corrected chi connectivity index (χ2v) is 7.95. The van der Waals surface area contributed by atoms with Gasteiger partial charge in [0.2, 0.25) is 5.75 Å². The third kappa shape index (κ3) is 4.55. The number of amides is 2. The van der Waals surface area contributed by atoms with Gasteiger partial charge < -0.3 is 24.4 Å². The molecule has 7 nitrogen and oxygen atoms in total. The maximum atomic E-state index is 13.8. The number of carbonyl (C=O) groups is 2. The van der Waals surface area contributed by atoms with Crippen LogP contribution in [0.2, 0.25) is 0 Å². The summed E-state index contributed by atoms with van der Waals surface area (Å²) in [4.78, 5) is 28.9. The molecule has 0 bridgehead atoms. The van der Waals surface area contributed by atoms with Gasteiger partial charge in [-0.1, -0.05) is 48.5 Å². The largest absolute Gasteiger partial charge is 0.493 e. The Hall–Kier alpha value is -4.00. The Labute approximate surface area is 199 Å². The minimum absolute atomic E-state index is 0.181. The van der Waals surface area contributed by atoms with Crippen LogP contribution in [0.25, 0.3) is 0 Å². The molecular weight excluding hydrogens is 432 g/mol. The Morgan fingerprint density at radius 1 is 0.882 bits per heavy atom. The molecule has 1 atom stereocenters. The average molecular weight is 461 g/mol. The molecule has 176 valence electrons. The van der Waals surface area contributed by atoms with Crippen molar-refractivity contribution in [1.29, 1.82) is 0 Å². The van der Waals surface area contributed by atoms with Crippen LogP contribution in [0.4, 0.5) is 5.69 Å². The van der Waals surface area contributed by atoms with E-state index in [9.17, 15) is 9.59 Å². The zero-order valence-corrected chi connectivity index (χ0v) is 19.5. The maximum absolute atomic E-state index is 13.8. The Bertz CT molecular complexity index is 1150. The normalized spacial score (nSPS) is 13.4. The Morgan fingerprint density at radius 3 is 2.18 bits per heavy atom. The van der Waals surface area contributed by atoms with Crippen molar-refractivity contribution in [1.82, 2.24) is 5.32 Å². The zero-order valence-electron chi connectivity index (χ0n) is 19.5. The van der Waals surface area contributed by atoms with Crippen LogP contribution in [0, 0.1) is 0 Å². The van der Waals surface area contributed by atoms with Crippen LogP contribution in [0.1, 0.15) is 33.9 Å². The van der Waals surface area contributed by atoms with Crippen LogP contribution in [0.5, 0.6) is 17.2 Å². The lowest BCUT2D eigenvalue weighted by molar-refractivity contribution is -0.120. The number of aryl methyl sites for hydroxylation is 1. The summed E-state index contributed by atoms with van der Waals surface area (Å²) in [6.45, 7) is 0.596. The summed E-state index contributed by atoms with van der Waals surface area (Å²) in [5, 5.41) is 2.94. The number of anilines is 1. The summed E-state index contributed by atoms with van der Waals surface area (Å²) >= 11 is 0. The highest BCUT2D eigenvalue weighted by Crippen LogP contribution is 2.38. The molecule has 0 aliphatic carbocycles. The number of methoxy groups -OCH3 is 3. The standard InChI is InChI=1S/C27H28N2O5/c1-32-22-16-20(17-23(33-2)25(22)34-3)26(30)28-24(19-11-5-4-6-12-19)27(31)29-15-9-13-18-10-7-8-14-21(18)29/h4-8,10-12,14,16-17,24H,9,13,15H2,1-3H3,(H,28,30)/t24-/m1/s1. The second kappa shape index (κ2) is 10.3. The number of nitrogens with one attached hydrogen (secondary N) is 1. The predicted molar refractivity (Wildman–Crippen MR) is 130 cm³/mol. The number of rotatable bonds is 7. The second-order valence-electron chi connectivity index (χ2n) is 7.95. The van der Waals surface area contributed by atoms with Crippen molar-refractivity contribution in [3.63, 3.8) is 0 Å². The van der Waals surface area contributed by atoms with E-state index in [1.807, 2.05) is 54.6 Å². The van der Waals surface area contributed by atoms with Crippen molar-refractivity contribution < 1.29 is 23.8 Å². The SMILES string of the molecule is COc1cc(C(=O)N[C@@H](C(=O)N2CCCc3ccccc32)c2ccccc2)cc(OC)c1OC.